The molecule has 21 heavy (non-hydrogen) atoms. The summed E-state index contributed by atoms with van der Waals surface area (Å²) in [6.45, 7) is 0.547. The average Bonchev–Trinajstić information content (AvgIpc) is 2.49. The topological polar surface area (TPSA) is 29.1 Å². The smallest absolute Gasteiger partial charge is 0.230 e. The van der Waals surface area contributed by atoms with Crippen LogP contribution >= 0.6 is 23.4 Å². The van der Waals surface area contributed by atoms with Crippen LogP contribution in [0.25, 0.3) is 0 Å². The van der Waals surface area contributed by atoms with Crippen LogP contribution in [-0.2, 0) is 11.2 Å². The first-order valence-electron chi connectivity index (χ1n) is 6.53. The quantitative estimate of drug-likeness (QED) is 0.816. The maximum absolute atomic E-state index is 12.7. The summed E-state index contributed by atoms with van der Waals surface area (Å²) in [4.78, 5) is 12.7. The Kier molecular flexibility index (Phi) is 6.08. The highest BCUT2D eigenvalue weighted by Crippen LogP contribution is 2.19. The third kappa shape index (κ3) is 5.78. The van der Waals surface area contributed by atoms with Crippen molar-refractivity contribution in [1.29, 1.82) is 0 Å². The zero-order valence-corrected chi connectivity index (χ0v) is 12.9. The molecule has 2 aromatic rings. The lowest BCUT2D eigenvalue weighted by Gasteiger charge is -2.05. The zero-order valence-electron chi connectivity index (χ0n) is 11.3. The van der Waals surface area contributed by atoms with Crippen LogP contribution in [0.1, 0.15) is 5.56 Å². The Morgan fingerprint density at radius 2 is 1.76 bits per heavy atom. The molecule has 2 rings (SSSR count). The molecule has 0 radical (unpaired) electrons. The van der Waals surface area contributed by atoms with Gasteiger partial charge in [0.05, 0.1) is 5.75 Å². The van der Waals surface area contributed by atoms with E-state index in [2.05, 4.69) is 5.32 Å². The number of nitrogens with one attached hydrogen (secondary N) is 1. The average molecular weight is 324 g/mol. The molecule has 0 spiro atoms. The molecular weight excluding hydrogens is 309 g/mol. The van der Waals surface area contributed by atoms with Crippen LogP contribution < -0.4 is 5.32 Å². The monoisotopic (exact) mass is 323 g/mol. The Balaban J connectivity index is 1.67. The molecule has 0 aromatic heterocycles. The van der Waals surface area contributed by atoms with Gasteiger partial charge >= 0.3 is 0 Å². The van der Waals surface area contributed by atoms with Gasteiger partial charge in [-0.1, -0.05) is 23.7 Å². The van der Waals surface area contributed by atoms with Crippen molar-refractivity contribution in [3.8, 4) is 0 Å². The van der Waals surface area contributed by atoms with Crippen molar-refractivity contribution in [2.24, 2.45) is 0 Å². The van der Waals surface area contributed by atoms with Crippen molar-refractivity contribution in [2.45, 2.75) is 11.3 Å². The van der Waals surface area contributed by atoms with Crippen LogP contribution in [-0.4, -0.2) is 18.2 Å². The highest BCUT2D eigenvalue weighted by molar-refractivity contribution is 8.00. The molecule has 0 heterocycles. The number of thioether (sulfide) groups is 1. The van der Waals surface area contributed by atoms with E-state index in [9.17, 15) is 9.18 Å². The molecule has 0 saturated heterocycles. The Hall–Kier alpha value is -1.52. The van der Waals surface area contributed by atoms with Gasteiger partial charge in [-0.15, -0.1) is 11.8 Å². The molecule has 0 aliphatic heterocycles. The van der Waals surface area contributed by atoms with Gasteiger partial charge in [-0.25, -0.2) is 4.39 Å². The Morgan fingerprint density at radius 3 is 2.43 bits per heavy atom. The van der Waals surface area contributed by atoms with E-state index in [1.807, 2.05) is 12.1 Å². The van der Waals surface area contributed by atoms with E-state index in [0.29, 0.717) is 23.7 Å². The highest BCUT2D eigenvalue weighted by atomic mass is 35.5. The second-order valence-electron chi connectivity index (χ2n) is 4.47. The first kappa shape index (κ1) is 15.9. The summed E-state index contributed by atoms with van der Waals surface area (Å²) in [6, 6.07) is 13.7. The third-order valence-corrected chi connectivity index (χ3v) is 4.10. The number of hydrogen-bond donors (Lipinski definition) is 1. The van der Waals surface area contributed by atoms with E-state index in [1.165, 1.54) is 23.9 Å². The number of hydrogen-bond acceptors (Lipinski definition) is 2. The lowest BCUT2D eigenvalue weighted by atomic mass is 10.1. The van der Waals surface area contributed by atoms with Crippen LogP contribution in [0.15, 0.2) is 53.4 Å². The lowest BCUT2D eigenvalue weighted by molar-refractivity contribution is -0.118. The van der Waals surface area contributed by atoms with E-state index in [-0.39, 0.29) is 11.7 Å². The summed E-state index contributed by atoms with van der Waals surface area (Å²) < 4.78 is 12.7. The SMILES string of the molecule is O=C(CSc1ccc(Cl)cc1)NCCc1ccc(F)cc1. The normalized spacial score (nSPS) is 10.4. The van der Waals surface area contributed by atoms with Gasteiger partial charge in [0, 0.05) is 16.5 Å². The van der Waals surface area contributed by atoms with E-state index in [0.717, 1.165) is 10.5 Å². The summed E-state index contributed by atoms with van der Waals surface area (Å²) >= 11 is 7.26. The molecular formula is C16H15ClFNOS. The van der Waals surface area contributed by atoms with Gasteiger partial charge in [0.1, 0.15) is 5.82 Å². The van der Waals surface area contributed by atoms with Gasteiger partial charge < -0.3 is 5.32 Å². The number of carbonyl (C=O) groups excluding carboxylic acids is 1. The molecule has 0 saturated carbocycles. The predicted molar refractivity (Wildman–Crippen MR) is 85.3 cm³/mol. The minimum absolute atomic E-state index is 0.0166. The van der Waals surface area contributed by atoms with Crippen molar-refractivity contribution < 1.29 is 9.18 Å². The van der Waals surface area contributed by atoms with Gasteiger partial charge in [0.25, 0.3) is 0 Å². The fraction of sp³-hybridized carbons (Fsp3) is 0.188. The summed E-state index contributed by atoms with van der Waals surface area (Å²) in [6.07, 6.45) is 0.692. The molecule has 0 fully saturated rings. The van der Waals surface area contributed by atoms with Crippen LogP contribution in [0.2, 0.25) is 5.02 Å². The second-order valence-corrected chi connectivity index (χ2v) is 5.95. The standard InChI is InChI=1S/C16H15ClFNOS/c17-13-3-7-15(8-4-13)21-11-16(20)19-10-9-12-1-5-14(18)6-2-12/h1-8H,9-11H2,(H,19,20). The van der Waals surface area contributed by atoms with Crippen LogP contribution in [0.5, 0.6) is 0 Å². The number of benzene rings is 2. The molecule has 0 bridgehead atoms. The van der Waals surface area contributed by atoms with E-state index in [4.69, 9.17) is 11.6 Å². The number of rotatable bonds is 6. The molecule has 0 atom stereocenters. The largest absolute Gasteiger partial charge is 0.355 e. The summed E-state index contributed by atoms with van der Waals surface area (Å²) in [5.74, 6) is 0.102. The molecule has 2 nitrogen and oxygen atoms in total. The second kappa shape index (κ2) is 8.05. The highest BCUT2D eigenvalue weighted by Gasteiger charge is 2.03. The zero-order chi connectivity index (χ0) is 15.1. The van der Waals surface area contributed by atoms with Crippen LogP contribution in [0.3, 0.4) is 0 Å². The molecule has 2 aromatic carbocycles. The minimum atomic E-state index is -0.248. The maximum atomic E-state index is 12.7. The lowest BCUT2D eigenvalue weighted by Crippen LogP contribution is -2.27. The van der Waals surface area contributed by atoms with Crippen LogP contribution in [0, 0.1) is 5.82 Å². The first-order chi connectivity index (χ1) is 10.1. The molecule has 0 aliphatic carbocycles. The fourth-order valence-electron chi connectivity index (χ4n) is 1.73. The van der Waals surface area contributed by atoms with Crippen molar-refractivity contribution in [3.05, 3.63) is 64.9 Å². The van der Waals surface area contributed by atoms with Gasteiger partial charge in [0.2, 0.25) is 5.91 Å². The van der Waals surface area contributed by atoms with Crippen molar-refractivity contribution >= 4 is 29.3 Å². The van der Waals surface area contributed by atoms with E-state index >= 15 is 0 Å². The number of halogens is 2. The molecule has 0 unspecified atom stereocenters. The fourth-order valence-corrected chi connectivity index (χ4v) is 2.58. The van der Waals surface area contributed by atoms with Crippen molar-refractivity contribution in [1.82, 2.24) is 5.32 Å². The Bertz CT molecular complexity index is 586. The van der Waals surface area contributed by atoms with Gasteiger partial charge in [0.15, 0.2) is 0 Å². The number of carbonyl (C=O) groups is 1. The summed E-state index contributed by atoms with van der Waals surface area (Å²) in [7, 11) is 0. The van der Waals surface area contributed by atoms with Gasteiger partial charge in [-0.3, -0.25) is 4.79 Å². The van der Waals surface area contributed by atoms with Crippen molar-refractivity contribution in [3.63, 3.8) is 0 Å². The predicted octanol–water partition coefficient (Wildman–Crippen LogP) is 3.93. The molecule has 1 amide bonds. The van der Waals surface area contributed by atoms with Crippen LogP contribution in [0.4, 0.5) is 4.39 Å². The first-order valence-corrected chi connectivity index (χ1v) is 7.89. The van der Waals surface area contributed by atoms with Crippen molar-refractivity contribution in [2.75, 3.05) is 12.3 Å². The molecule has 0 aliphatic rings. The van der Waals surface area contributed by atoms with E-state index < -0.39 is 0 Å². The third-order valence-electron chi connectivity index (χ3n) is 2.83. The molecule has 5 heteroatoms. The summed E-state index contributed by atoms with van der Waals surface area (Å²) in [5, 5.41) is 3.53. The Labute approximate surface area is 132 Å². The van der Waals surface area contributed by atoms with E-state index in [1.54, 1.807) is 24.3 Å². The molecule has 1 N–H and O–H groups in total. The summed E-state index contributed by atoms with van der Waals surface area (Å²) in [5.41, 5.74) is 1.00. The Morgan fingerprint density at radius 1 is 1.10 bits per heavy atom. The van der Waals surface area contributed by atoms with Gasteiger partial charge in [-0.2, -0.15) is 0 Å². The maximum Gasteiger partial charge on any atom is 0.230 e. The number of amides is 1. The van der Waals surface area contributed by atoms with Gasteiger partial charge in [-0.05, 0) is 48.4 Å². The molecule has 110 valence electrons. The minimum Gasteiger partial charge on any atom is -0.355 e.